The minimum absolute atomic E-state index is 0.511. The molecule has 0 saturated heterocycles. The Hall–Kier alpha value is -1.64. The summed E-state index contributed by atoms with van der Waals surface area (Å²) >= 11 is 10.4. The SMILES string of the molecule is COc1ccccc1-c1n[nH]c(=S)n1NCc1cc(Br)cs1. The largest absolute Gasteiger partial charge is 0.496 e. The molecule has 2 aromatic heterocycles. The number of halogens is 1. The maximum atomic E-state index is 5.40. The third-order valence-electron chi connectivity index (χ3n) is 3.05. The highest BCUT2D eigenvalue weighted by Crippen LogP contribution is 2.28. The first-order valence-corrected chi connectivity index (χ1v) is 8.54. The number of thiophene rings is 1. The maximum Gasteiger partial charge on any atom is 0.214 e. The summed E-state index contributed by atoms with van der Waals surface area (Å²) < 4.78 is 8.75. The lowest BCUT2D eigenvalue weighted by Gasteiger charge is -2.11. The van der Waals surface area contributed by atoms with Crippen molar-refractivity contribution in [1.82, 2.24) is 14.9 Å². The van der Waals surface area contributed by atoms with Crippen LogP contribution in [0.5, 0.6) is 5.75 Å². The molecule has 8 heteroatoms. The predicted molar refractivity (Wildman–Crippen MR) is 94.5 cm³/mol. The molecule has 3 rings (SSSR count). The normalized spacial score (nSPS) is 10.6. The van der Waals surface area contributed by atoms with E-state index in [1.165, 1.54) is 4.88 Å². The average molecular weight is 397 g/mol. The van der Waals surface area contributed by atoms with Gasteiger partial charge < -0.3 is 10.2 Å². The van der Waals surface area contributed by atoms with Gasteiger partial charge in [0.1, 0.15) is 5.75 Å². The van der Waals surface area contributed by atoms with Gasteiger partial charge in [-0.05, 0) is 46.3 Å². The van der Waals surface area contributed by atoms with Gasteiger partial charge in [-0.2, -0.15) is 5.10 Å². The van der Waals surface area contributed by atoms with Crippen LogP contribution in [0.3, 0.4) is 0 Å². The molecule has 22 heavy (non-hydrogen) atoms. The Morgan fingerprint density at radius 1 is 1.45 bits per heavy atom. The zero-order valence-corrected chi connectivity index (χ0v) is 14.9. The average Bonchev–Trinajstić information content (AvgIpc) is 3.11. The first-order valence-electron chi connectivity index (χ1n) is 6.46. The minimum atomic E-state index is 0.511. The topological polar surface area (TPSA) is 54.9 Å². The molecular formula is C14H13BrN4OS2. The van der Waals surface area contributed by atoms with Crippen molar-refractivity contribution in [3.63, 3.8) is 0 Å². The number of aromatic nitrogens is 3. The van der Waals surface area contributed by atoms with Gasteiger partial charge in [0.25, 0.3) is 0 Å². The van der Waals surface area contributed by atoms with Gasteiger partial charge in [0.15, 0.2) is 5.82 Å². The highest BCUT2D eigenvalue weighted by Gasteiger charge is 2.13. The van der Waals surface area contributed by atoms with Gasteiger partial charge in [-0.25, -0.2) is 9.77 Å². The third-order valence-corrected chi connectivity index (χ3v) is 5.02. The summed E-state index contributed by atoms with van der Waals surface area (Å²) in [6.07, 6.45) is 0. The first-order chi connectivity index (χ1) is 10.7. The van der Waals surface area contributed by atoms with E-state index in [1.807, 2.05) is 29.6 Å². The molecule has 0 aliphatic heterocycles. The molecule has 0 aliphatic rings. The van der Waals surface area contributed by atoms with E-state index in [1.54, 1.807) is 23.1 Å². The summed E-state index contributed by atoms with van der Waals surface area (Å²) in [5, 5.41) is 9.18. The highest BCUT2D eigenvalue weighted by molar-refractivity contribution is 9.10. The molecule has 0 radical (unpaired) electrons. The van der Waals surface area contributed by atoms with Gasteiger partial charge >= 0.3 is 0 Å². The van der Waals surface area contributed by atoms with Crippen molar-refractivity contribution >= 4 is 39.5 Å². The molecule has 0 aliphatic carbocycles. The van der Waals surface area contributed by atoms with Crippen LogP contribution in [0.4, 0.5) is 0 Å². The number of H-pyrrole nitrogens is 1. The predicted octanol–water partition coefficient (Wildman–Crippen LogP) is 4.18. The smallest absolute Gasteiger partial charge is 0.214 e. The lowest BCUT2D eigenvalue weighted by molar-refractivity contribution is 0.416. The monoisotopic (exact) mass is 396 g/mol. The zero-order chi connectivity index (χ0) is 15.5. The van der Waals surface area contributed by atoms with Crippen molar-refractivity contribution in [2.24, 2.45) is 0 Å². The number of ether oxygens (including phenoxy) is 1. The molecule has 0 fully saturated rings. The molecule has 3 aromatic rings. The summed E-state index contributed by atoms with van der Waals surface area (Å²) in [7, 11) is 1.64. The Morgan fingerprint density at radius 2 is 2.27 bits per heavy atom. The molecule has 5 nitrogen and oxygen atoms in total. The fraction of sp³-hybridized carbons (Fsp3) is 0.143. The lowest BCUT2D eigenvalue weighted by atomic mass is 10.2. The standard InChI is InChI=1S/C14H13BrN4OS2/c1-20-12-5-3-2-4-11(12)13-17-18-14(21)19(13)16-7-10-6-9(15)8-22-10/h2-6,8,16H,7H2,1H3,(H,18,21). The number of benzene rings is 1. The van der Waals surface area contributed by atoms with E-state index in [-0.39, 0.29) is 0 Å². The number of hydrogen-bond donors (Lipinski definition) is 2. The minimum Gasteiger partial charge on any atom is -0.496 e. The van der Waals surface area contributed by atoms with Crippen molar-refractivity contribution < 1.29 is 4.74 Å². The molecule has 0 spiro atoms. The van der Waals surface area contributed by atoms with Crippen LogP contribution < -0.4 is 10.2 Å². The van der Waals surface area contributed by atoms with Crippen LogP contribution in [0, 0.1) is 4.77 Å². The van der Waals surface area contributed by atoms with E-state index in [0.29, 0.717) is 17.1 Å². The maximum absolute atomic E-state index is 5.40. The second-order valence-corrected chi connectivity index (χ2v) is 6.75. The first kappa shape index (κ1) is 15.3. The Kier molecular flexibility index (Phi) is 4.60. The van der Waals surface area contributed by atoms with Crippen LogP contribution >= 0.6 is 39.5 Å². The Labute approximate surface area is 145 Å². The number of hydrogen-bond acceptors (Lipinski definition) is 5. The molecule has 2 N–H and O–H groups in total. The Bertz CT molecular complexity index is 839. The molecule has 0 bridgehead atoms. The van der Waals surface area contributed by atoms with Gasteiger partial charge in [-0.3, -0.25) is 0 Å². The second-order valence-electron chi connectivity index (χ2n) is 4.45. The quantitative estimate of drug-likeness (QED) is 0.634. The van der Waals surface area contributed by atoms with Crippen LogP contribution in [0.25, 0.3) is 11.4 Å². The van der Waals surface area contributed by atoms with Crippen molar-refractivity contribution in [3.8, 4) is 17.1 Å². The molecule has 114 valence electrons. The number of nitrogens with zero attached hydrogens (tertiary/aromatic N) is 2. The zero-order valence-electron chi connectivity index (χ0n) is 11.7. The molecule has 0 amide bonds. The van der Waals surface area contributed by atoms with Crippen LogP contribution in [-0.2, 0) is 6.54 Å². The summed E-state index contributed by atoms with van der Waals surface area (Å²) in [6.45, 7) is 0.659. The Morgan fingerprint density at radius 3 is 3.00 bits per heavy atom. The summed E-state index contributed by atoms with van der Waals surface area (Å²) in [6, 6.07) is 9.78. The van der Waals surface area contributed by atoms with Crippen molar-refractivity contribution in [2.45, 2.75) is 6.54 Å². The van der Waals surface area contributed by atoms with Gasteiger partial charge in [0, 0.05) is 14.7 Å². The lowest BCUT2D eigenvalue weighted by Crippen LogP contribution is -2.15. The van der Waals surface area contributed by atoms with Gasteiger partial charge in [0.05, 0.1) is 19.2 Å². The van der Waals surface area contributed by atoms with Crippen molar-refractivity contribution in [3.05, 3.63) is 49.8 Å². The molecule has 0 unspecified atom stereocenters. The highest BCUT2D eigenvalue weighted by atomic mass is 79.9. The summed E-state index contributed by atoms with van der Waals surface area (Å²) in [5.41, 5.74) is 4.17. The summed E-state index contributed by atoms with van der Waals surface area (Å²) in [5.74, 6) is 1.44. The van der Waals surface area contributed by atoms with Gasteiger partial charge in [-0.1, -0.05) is 12.1 Å². The van der Waals surface area contributed by atoms with Gasteiger partial charge in [-0.15, -0.1) is 11.3 Å². The fourth-order valence-corrected chi connectivity index (χ4v) is 3.64. The van der Waals surface area contributed by atoms with Crippen LogP contribution in [-0.4, -0.2) is 22.0 Å². The van der Waals surface area contributed by atoms with Gasteiger partial charge in [0.2, 0.25) is 4.77 Å². The number of para-hydroxylation sites is 1. The van der Waals surface area contributed by atoms with Crippen LogP contribution in [0.15, 0.2) is 40.2 Å². The second kappa shape index (κ2) is 6.64. The van der Waals surface area contributed by atoms with E-state index in [9.17, 15) is 0 Å². The van der Waals surface area contributed by atoms with Crippen molar-refractivity contribution in [1.29, 1.82) is 0 Å². The third kappa shape index (κ3) is 3.08. The molecule has 0 saturated carbocycles. The van der Waals surface area contributed by atoms with Crippen LogP contribution in [0.1, 0.15) is 4.88 Å². The summed E-state index contributed by atoms with van der Waals surface area (Å²) in [4.78, 5) is 1.20. The number of aromatic amines is 1. The fourth-order valence-electron chi connectivity index (χ4n) is 2.06. The van der Waals surface area contributed by atoms with E-state index in [2.05, 4.69) is 37.6 Å². The van der Waals surface area contributed by atoms with E-state index in [0.717, 1.165) is 15.8 Å². The molecule has 0 atom stereocenters. The van der Waals surface area contributed by atoms with E-state index >= 15 is 0 Å². The molecular weight excluding hydrogens is 384 g/mol. The van der Waals surface area contributed by atoms with Crippen LogP contribution in [0.2, 0.25) is 0 Å². The van der Waals surface area contributed by atoms with E-state index < -0.39 is 0 Å². The molecule has 1 aromatic carbocycles. The Balaban J connectivity index is 1.92. The number of nitrogens with one attached hydrogen (secondary N) is 2. The molecule has 2 heterocycles. The number of rotatable bonds is 5. The van der Waals surface area contributed by atoms with E-state index in [4.69, 9.17) is 17.0 Å². The number of methoxy groups -OCH3 is 1. The van der Waals surface area contributed by atoms with Crippen molar-refractivity contribution in [2.75, 3.05) is 12.5 Å².